The maximum absolute atomic E-state index is 13.4. The van der Waals surface area contributed by atoms with Gasteiger partial charge < -0.3 is 10.1 Å². The molecule has 0 radical (unpaired) electrons. The van der Waals surface area contributed by atoms with Crippen molar-refractivity contribution in [2.24, 2.45) is 5.92 Å². The quantitative estimate of drug-likeness (QED) is 0.877. The van der Waals surface area contributed by atoms with E-state index >= 15 is 0 Å². The maximum Gasteiger partial charge on any atom is 0.126 e. The SMILES string of the molecule is CCCC1CCC(NC)C(Oc2cc(F)ccc2C)C1. The van der Waals surface area contributed by atoms with Crippen molar-refractivity contribution >= 4 is 0 Å². The molecule has 3 unspecified atom stereocenters. The maximum atomic E-state index is 13.4. The van der Waals surface area contributed by atoms with Crippen LogP contribution in [0.3, 0.4) is 0 Å². The van der Waals surface area contributed by atoms with E-state index in [-0.39, 0.29) is 11.9 Å². The molecule has 20 heavy (non-hydrogen) atoms. The van der Waals surface area contributed by atoms with Gasteiger partial charge in [0.05, 0.1) is 0 Å². The number of benzene rings is 1. The van der Waals surface area contributed by atoms with Gasteiger partial charge >= 0.3 is 0 Å². The smallest absolute Gasteiger partial charge is 0.126 e. The van der Waals surface area contributed by atoms with E-state index in [9.17, 15) is 4.39 Å². The van der Waals surface area contributed by atoms with E-state index < -0.39 is 0 Å². The van der Waals surface area contributed by atoms with Crippen LogP contribution >= 0.6 is 0 Å². The molecule has 0 heterocycles. The lowest BCUT2D eigenvalue weighted by Crippen LogP contribution is -2.45. The summed E-state index contributed by atoms with van der Waals surface area (Å²) in [6, 6.07) is 5.14. The lowest BCUT2D eigenvalue weighted by atomic mass is 9.81. The van der Waals surface area contributed by atoms with E-state index in [0.29, 0.717) is 11.8 Å². The largest absolute Gasteiger partial charge is 0.488 e. The fourth-order valence-electron chi connectivity index (χ4n) is 3.21. The van der Waals surface area contributed by atoms with Crippen molar-refractivity contribution in [2.45, 2.75) is 58.1 Å². The van der Waals surface area contributed by atoms with Crippen molar-refractivity contribution in [3.63, 3.8) is 0 Å². The highest BCUT2D eigenvalue weighted by molar-refractivity contribution is 5.33. The standard InChI is InChI=1S/C17H26FNO/c1-4-5-13-7-9-15(19-3)17(10-13)20-16-11-14(18)8-6-12(16)2/h6,8,11,13,15,17,19H,4-5,7,9-10H2,1-3H3. The lowest BCUT2D eigenvalue weighted by molar-refractivity contribution is 0.0857. The summed E-state index contributed by atoms with van der Waals surface area (Å²) in [4.78, 5) is 0. The molecule has 0 saturated heterocycles. The van der Waals surface area contributed by atoms with Crippen LogP contribution in [0.5, 0.6) is 5.75 Å². The molecule has 1 aromatic rings. The number of likely N-dealkylation sites (N-methyl/N-ethyl adjacent to an activating group) is 1. The third-order valence-corrected chi connectivity index (χ3v) is 4.40. The highest BCUT2D eigenvalue weighted by Crippen LogP contribution is 2.32. The second-order valence-corrected chi connectivity index (χ2v) is 5.93. The summed E-state index contributed by atoms with van der Waals surface area (Å²) in [7, 11) is 1.99. The highest BCUT2D eigenvalue weighted by atomic mass is 19.1. The molecule has 0 aliphatic heterocycles. The zero-order valence-electron chi connectivity index (χ0n) is 12.8. The van der Waals surface area contributed by atoms with Crippen LogP contribution in [0.25, 0.3) is 0 Å². The molecule has 3 atom stereocenters. The van der Waals surface area contributed by atoms with Crippen molar-refractivity contribution in [3.05, 3.63) is 29.6 Å². The number of aryl methyl sites for hydroxylation is 1. The first-order valence-electron chi connectivity index (χ1n) is 7.74. The molecule has 1 fully saturated rings. The van der Waals surface area contributed by atoms with Crippen LogP contribution in [0, 0.1) is 18.7 Å². The predicted octanol–water partition coefficient (Wildman–Crippen LogP) is 4.07. The van der Waals surface area contributed by atoms with Crippen LogP contribution in [0.4, 0.5) is 4.39 Å². The van der Waals surface area contributed by atoms with Crippen molar-refractivity contribution < 1.29 is 9.13 Å². The van der Waals surface area contributed by atoms with Gasteiger partial charge in [0.15, 0.2) is 0 Å². The van der Waals surface area contributed by atoms with E-state index in [4.69, 9.17) is 4.74 Å². The summed E-state index contributed by atoms with van der Waals surface area (Å²) in [5.41, 5.74) is 0.999. The normalized spacial score (nSPS) is 26.5. The van der Waals surface area contributed by atoms with Gasteiger partial charge in [-0.3, -0.25) is 0 Å². The van der Waals surface area contributed by atoms with Crippen LogP contribution in [-0.2, 0) is 0 Å². The number of hydrogen-bond donors (Lipinski definition) is 1. The van der Waals surface area contributed by atoms with Crippen molar-refractivity contribution in [3.8, 4) is 5.75 Å². The monoisotopic (exact) mass is 279 g/mol. The Labute approximate surface area is 121 Å². The van der Waals surface area contributed by atoms with Crippen molar-refractivity contribution in [2.75, 3.05) is 7.05 Å². The molecule has 1 N–H and O–H groups in total. The molecule has 2 nitrogen and oxygen atoms in total. The van der Waals surface area contributed by atoms with E-state index in [1.54, 1.807) is 6.07 Å². The second kappa shape index (κ2) is 7.07. The first-order valence-corrected chi connectivity index (χ1v) is 7.74. The molecule has 1 saturated carbocycles. The van der Waals surface area contributed by atoms with Crippen molar-refractivity contribution in [1.29, 1.82) is 0 Å². The molecular formula is C17H26FNO. The van der Waals surface area contributed by atoms with Crippen LogP contribution in [0.1, 0.15) is 44.6 Å². The Morgan fingerprint density at radius 2 is 2.15 bits per heavy atom. The minimum atomic E-state index is -0.229. The topological polar surface area (TPSA) is 21.3 Å². The molecule has 1 aliphatic rings. The Morgan fingerprint density at radius 1 is 1.35 bits per heavy atom. The fourth-order valence-corrected chi connectivity index (χ4v) is 3.21. The predicted molar refractivity (Wildman–Crippen MR) is 80.6 cm³/mol. The van der Waals surface area contributed by atoms with Crippen LogP contribution in [-0.4, -0.2) is 19.2 Å². The molecule has 0 spiro atoms. The van der Waals surface area contributed by atoms with Crippen LogP contribution in [0.2, 0.25) is 0 Å². The van der Waals surface area contributed by atoms with Gasteiger partial charge in [0.25, 0.3) is 0 Å². The molecule has 0 amide bonds. The Morgan fingerprint density at radius 3 is 2.85 bits per heavy atom. The fraction of sp³-hybridized carbons (Fsp3) is 0.647. The van der Waals surface area contributed by atoms with Crippen LogP contribution in [0.15, 0.2) is 18.2 Å². The van der Waals surface area contributed by atoms with Crippen LogP contribution < -0.4 is 10.1 Å². The third kappa shape index (κ3) is 3.72. The molecule has 112 valence electrons. The van der Waals surface area contributed by atoms with Gasteiger partial charge in [0, 0.05) is 12.1 Å². The van der Waals surface area contributed by atoms with Gasteiger partial charge in [-0.2, -0.15) is 0 Å². The highest BCUT2D eigenvalue weighted by Gasteiger charge is 2.31. The Balaban J connectivity index is 2.09. The number of halogens is 1. The van der Waals surface area contributed by atoms with Gasteiger partial charge in [-0.1, -0.05) is 25.8 Å². The van der Waals surface area contributed by atoms with Gasteiger partial charge in [-0.05, 0) is 50.8 Å². The molecular weight excluding hydrogens is 253 g/mol. The zero-order valence-corrected chi connectivity index (χ0v) is 12.8. The summed E-state index contributed by atoms with van der Waals surface area (Å²) in [5, 5.41) is 3.35. The number of nitrogens with one attached hydrogen (secondary N) is 1. The van der Waals surface area contributed by atoms with Gasteiger partial charge in [0.2, 0.25) is 0 Å². The Hall–Kier alpha value is -1.09. The van der Waals surface area contributed by atoms with Gasteiger partial charge in [-0.15, -0.1) is 0 Å². The summed E-state index contributed by atoms with van der Waals surface area (Å²) in [6.07, 6.45) is 6.10. The van der Waals surface area contributed by atoms with E-state index in [1.807, 2.05) is 14.0 Å². The Bertz CT molecular complexity index is 435. The molecule has 1 aromatic carbocycles. The second-order valence-electron chi connectivity index (χ2n) is 5.93. The summed E-state index contributed by atoms with van der Waals surface area (Å²) < 4.78 is 19.5. The molecule has 2 rings (SSSR count). The summed E-state index contributed by atoms with van der Waals surface area (Å²) in [6.45, 7) is 4.20. The first-order chi connectivity index (χ1) is 9.63. The minimum absolute atomic E-state index is 0.144. The average molecular weight is 279 g/mol. The van der Waals surface area contributed by atoms with Crippen molar-refractivity contribution in [1.82, 2.24) is 5.32 Å². The molecule has 1 aliphatic carbocycles. The van der Waals surface area contributed by atoms with Gasteiger partial charge in [0.1, 0.15) is 17.7 Å². The van der Waals surface area contributed by atoms with Gasteiger partial charge in [-0.25, -0.2) is 4.39 Å². The molecule has 0 bridgehead atoms. The lowest BCUT2D eigenvalue weighted by Gasteiger charge is -2.36. The number of rotatable bonds is 5. The Kier molecular flexibility index (Phi) is 5.41. The number of ether oxygens (including phenoxy) is 1. The summed E-state index contributed by atoms with van der Waals surface area (Å²) >= 11 is 0. The third-order valence-electron chi connectivity index (χ3n) is 4.40. The number of hydrogen-bond acceptors (Lipinski definition) is 2. The van der Waals surface area contributed by atoms with E-state index in [0.717, 1.165) is 24.3 Å². The summed E-state index contributed by atoms with van der Waals surface area (Å²) in [5.74, 6) is 1.20. The minimum Gasteiger partial charge on any atom is -0.488 e. The zero-order chi connectivity index (χ0) is 14.5. The molecule has 0 aromatic heterocycles. The first kappa shape index (κ1) is 15.3. The average Bonchev–Trinajstić information content (AvgIpc) is 2.44. The molecule has 3 heteroatoms. The van der Waals surface area contributed by atoms with E-state index in [1.165, 1.54) is 31.4 Å². The van der Waals surface area contributed by atoms with E-state index in [2.05, 4.69) is 12.2 Å².